The third-order valence-electron chi connectivity index (χ3n) is 4.99. The second-order valence-electron chi connectivity index (χ2n) is 7.82. The molecule has 1 aliphatic heterocycles. The number of furan rings is 1. The Kier molecular flexibility index (Phi) is 6.37. The molecule has 2 aromatic heterocycles. The van der Waals surface area contributed by atoms with Gasteiger partial charge in [0, 0.05) is 31.1 Å². The zero-order valence-electron chi connectivity index (χ0n) is 17.2. The summed E-state index contributed by atoms with van der Waals surface area (Å²) in [7, 11) is 0. The van der Waals surface area contributed by atoms with Gasteiger partial charge in [-0.05, 0) is 31.0 Å². The second kappa shape index (κ2) is 9.15. The summed E-state index contributed by atoms with van der Waals surface area (Å²) in [5.74, 6) is 3.16. The van der Waals surface area contributed by atoms with Crippen LogP contribution in [0.3, 0.4) is 0 Å². The summed E-state index contributed by atoms with van der Waals surface area (Å²) in [4.78, 5) is 2.50. The summed E-state index contributed by atoms with van der Waals surface area (Å²) >= 11 is 1.70. The predicted molar refractivity (Wildman–Crippen MR) is 116 cm³/mol. The number of aryl methyl sites for hydroxylation is 1. The number of hydrogen-bond acceptors (Lipinski definition) is 6. The van der Waals surface area contributed by atoms with E-state index in [1.165, 1.54) is 0 Å². The number of morpholine rings is 1. The summed E-state index contributed by atoms with van der Waals surface area (Å²) in [6.45, 7) is 10.4. The highest BCUT2D eigenvalue weighted by Crippen LogP contribution is 2.30. The Morgan fingerprint density at radius 3 is 2.72 bits per heavy atom. The molecule has 0 N–H and O–H groups in total. The van der Waals surface area contributed by atoms with Crippen LogP contribution in [0, 0.1) is 12.8 Å². The van der Waals surface area contributed by atoms with E-state index >= 15 is 0 Å². The number of hydrogen-bond donors (Lipinski definition) is 0. The highest BCUT2D eigenvalue weighted by atomic mass is 32.2. The largest absolute Gasteiger partial charge is 0.469 e. The van der Waals surface area contributed by atoms with Gasteiger partial charge in [-0.2, -0.15) is 0 Å². The number of rotatable bonds is 7. The van der Waals surface area contributed by atoms with E-state index in [2.05, 4.69) is 45.6 Å². The van der Waals surface area contributed by atoms with Gasteiger partial charge in [0.25, 0.3) is 0 Å². The lowest BCUT2D eigenvalue weighted by molar-refractivity contribution is -0.0191. The normalized spacial score (nSPS) is 17.9. The molecule has 0 unspecified atom stereocenters. The first-order chi connectivity index (χ1) is 14.1. The Bertz CT molecular complexity index is 922. The molecule has 0 aliphatic carbocycles. The summed E-state index contributed by atoms with van der Waals surface area (Å²) in [5.41, 5.74) is 2.01. The zero-order valence-corrected chi connectivity index (χ0v) is 18.1. The van der Waals surface area contributed by atoms with Crippen molar-refractivity contribution in [3.8, 4) is 17.1 Å². The molecule has 7 heteroatoms. The van der Waals surface area contributed by atoms with Gasteiger partial charge < -0.3 is 9.15 Å². The molecule has 1 aliphatic rings. The first-order valence-electron chi connectivity index (χ1n) is 10.1. The van der Waals surface area contributed by atoms with E-state index < -0.39 is 0 Å². The number of ether oxygens (including phenoxy) is 1. The predicted octanol–water partition coefficient (Wildman–Crippen LogP) is 4.28. The topological polar surface area (TPSA) is 56.3 Å². The van der Waals surface area contributed by atoms with Crippen LogP contribution in [0.4, 0.5) is 0 Å². The van der Waals surface area contributed by atoms with Crippen molar-refractivity contribution in [2.75, 3.05) is 32.0 Å². The summed E-state index contributed by atoms with van der Waals surface area (Å²) in [5, 5.41) is 9.87. The second-order valence-corrected chi connectivity index (χ2v) is 8.81. The Hall–Kier alpha value is -2.09. The highest BCUT2D eigenvalue weighted by molar-refractivity contribution is 7.99. The number of thioether (sulfide) groups is 1. The van der Waals surface area contributed by atoms with Crippen LogP contribution < -0.4 is 0 Å². The Labute approximate surface area is 176 Å². The Morgan fingerprint density at radius 1 is 1.17 bits per heavy atom. The number of benzene rings is 1. The van der Waals surface area contributed by atoms with Gasteiger partial charge in [-0.25, -0.2) is 0 Å². The quantitative estimate of drug-likeness (QED) is 0.540. The van der Waals surface area contributed by atoms with Crippen LogP contribution >= 0.6 is 11.8 Å². The minimum Gasteiger partial charge on any atom is -0.469 e. The van der Waals surface area contributed by atoms with Crippen molar-refractivity contribution in [1.29, 1.82) is 0 Å². The van der Waals surface area contributed by atoms with Gasteiger partial charge in [0.2, 0.25) is 0 Å². The van der Waals surface area contributed by atoms with Crippen molar-refractivity contribution >= 4 is 11.8 Å². The van der Waals surface area contributed by atoms with Gasteiger partial charge in [-0.1, -0.05) is 43.8 Å². The van der Waals surface area contributed by atoms with Gasteiger partial charge in [-0.15, -0.1) is 10.2 Å². The van der Waals surface area contributed by atoms with Gasteiger partial charge >= 0.3 is 0 Å². The molecule has 154 valence electrons. The molecular weight excluding hydrogens is 384 g/mol. The molecule has 0 radical (unpaired) electrons. The number of nitrogens with zero attached hydrogens (tertiary/aromatic N) is 4. The fourth-order valence-corrected chi connectivity index (χ4v) is 4.65. The third kappa shape index (κ3) is 4.74. The SMILES string of the molecule is Cc1occc1-c1nnc(SC[C@H]2CN(CC(C)C)CCO2)n1-c1ccccc1. The smallest absolute Gasteiger partial charge is 0.196 e. The van der Waals surface area contributed by atoms with Crippen LogP contribution in [-0.2, 0) is 4.74 Å². The molecule has 3 heterocycles. The van der Waals surface area contributed by atoms with Crippen molar-refractivity contribution in [2.24, 2.45) is 5.92 Å². The van der Waals surface area contributed by atoms with Crippen molar-refractivity contribution in [3.05, 3.63) is 48.4 Å². The van der Waals surface area contributed by atoms with Gasteiger partial charge in [0.1, 0.15) is 5.76 Å². The fraction of sp³-hybridized carbons (Fsp3) is 0.455. The van der Waals surface area contributed by atoms with Crippen molar-refractivity contribution < 1.29 is 9.15 Å². The molecule has 4 rings (SSSR count). The molecule has 0 amide bonds. The van der Waals surface area contributed by atoms with Crippen molar-refractivity contribution in [2.45, 2.75) is 32.0 Å². The lowest BCUT2D eigenvalue weighted by Gasteiger charge is -2.33. The maximum atomic E-state index is 6.02. The van der Waals surface area contributed by atoms with Gasteiger partial charge in [0.15, 0.2) is 11.0 Å². The molecule has 1 aromatic carbocycles. The standard InChI is InChI=1S/C22H28N4O2S/c1-16(2)13-25-10-12-28-19(14-25)15-29-22-24-23-21(20-9-11-27-17(20)3)26(22)18-7-5-4-6-8-18/h4-9,11,16,19H,10,12-15H2,1-3H3/t19-/m1/s1. The van der Waals surface area contributed by atoms with Crippen molar-refractivity contribution in [1.82, 2.24) is 19.7 Å². The molecule has 1 atom stereocenters. The third-order valence-corrected chi connectivity index (χ3v) is 6.05. The molecule has 3 aromatic rings. The zero-order chi connectivity index (χ0) is 20.2. The van der Waals surface area contributed by atoms with E-state index in [0.29, 0.717) is 5.92 Å². The van der Waals surface area contributed by atoms with E-state index in [-0.39, 0.29) is 6.10 Å². The average molecular weight is 413 g/mol. The lowest BCUT2D eigenvalue weighted by atomic mass is 10.2. The maximum absolute atomic E-state index is 6.02. The van der Waals surface area contributed by atoms with E-state index in [9.17, 15) is 0 Å². The molecule has 1 fully saturated rings. The van der Waals surface area contributed by atoms with Crippen LogP contribution in [0.1, 0.15) is 19.6 Å². The molecule has 0 bridgehead atoms. The Morgan fingerprint density at radius 2 is 2.00 bits per heavy atom. The van der Waals surface area contributed by atoms with Crippen LogP contribution in [0.25, 0.3) is 17.1 Å². The van der Waals surface area contributed by atoms with E-state index in [1.807, 2.05) is 31.2 Å². The molecule has 29 heavy (non-hydrogen) atoms. The molecule has 6 nitrogen and oxygen atoms in total. The number of para-hydroxylation sites is 1. The summed E-state index contributed by atoms with van der Waals surface area (Å²) in [6.07, 6.45) is 1.90. The highest BCUT2D eigenvalue weighted by Gasteiger charge is 2.24. The van der Waals surface area contributed by atoms with E-state index in [0.717, 1.165) is 60.0 Å². The minimum atomic E-state index is 0.201. The lowest BCUT2D eigenvalue weighted by Crippen LogP contribution is -2.44. The first-order valence-corrected chi connectivity index (χ1v) is 11.1. The van der Waals surface area contributed by atoms with Gasteiger partial charge in [-0.3, -0.25) is 9.47 Å². The minimum absolute atomic E-state index is 0.201. The number of aromatic nitrogens is 3. The monoisotopic (exact) mass is 412 g/mol. The first kappa shape index (κ1) is 20.2. The van der Waals surface area contributed by atoms with E-state index in [4.69, 9.17) is 9.15 Å². The molecular formula is C22H28N4O2S. The summed E-state index contributed by atoms with van der Waals surface area (Å²) < 4.78 is 13.6. The molecule has 1 saturated heterocycles. The average Bonchev–Trinajstić information content (AvgIpc) is 3.32. The maximum Gasteiger partial charge on any atom is 0.196 e. The van der Waals surface area contributed by atoms with Crippen LogP contribution in [0.5, 0.6) is 0 Å². The Balaban J connectivity index is 1.55. The van der Waals surface area contributed by atoms with Crippen LogP contribution in [0.2, 0.25) is 0 Å². The van der Waals surface area contributed by atoms with Crippen LogP contribution in [-0.4, -0.2) is 57.8 Å². The fourth-order valence-electron chi connectivity index (χ4n) is 3.70. The molecule has 0 spiro atoms. The summed E-state index contributed by atoms with van der Waals surface area (Å²) in [6, 6.07) is 12.2. The van der Waals surface area contributed by atoms with Gasteiger partial charge in [0.05, 0.1) is 24.5 Å². The van der Waals surface area contributed by atoms with Crippen molar-refractivity contribution in [3.63, 3.8) is 0 Å². The molecule has 0 saturated carbocycles. The van der Waals surface area contributed by atoms with E-state index in [1.54, 1.807) is 18.0 Å². The van der Waals surface area contributed by atoms with Crippen LogP contribution in [0.15, 0.2) is 52.2 Å².